The molecule has 3 rings (SSSR count). The first-order chi connectivity index (χ1) is 11.8. The van der Waals surface area contributed by atoms with Crippen molar-refractivity contribution in [2.24, 2.45) is 0 Å². The maximum atomic E-state index is 12.6. The Morgan fingerprint density at radius 2 is 2.00 bits per heavy atom. The molecule has 8 heteroatoms. The van der Waals surface area contributed by atoms with Crippen LogP contribution in [-0.4, -0.2) is 11.8 Å². The Morgan fingerprint density at radius 1 is 1.28 bits per heavy atom. The SMILES string of the molecule is O=C1CCC(c2ccc(C(=O)NCc3csc(C(F)(F)F)c3)cc2)N1. The molecule has 1 aliphatic rings. The minimum atomic E-state index is -4.36. The van der Waals surface area contributed by atoms with Crippen molar-refractivity contribution in [1.82, 2.24) is 10.6 Å². The second-order valence-electron chi connectivity index (χ2n) is 5.78. The van der Waals surface area contributed by atoms with Crippen molar-refractivity contribution in [3.63, 3.8) is 0 Å². The average molecular weight is 368 g/mol. The van der Waals surface area contributed by atoms with Crippen molar-refractivity contribution in [2.75, 3.05) is 0 Å². The van der Waals surface area contributed by atoms with Crippen LogP contribution in [0.15, 0.2) is 35.7 Å². The van der Waals surface area contributed by atoms with Crippen LogP contribution in [0.5, 0.6) is 0 Å². The van der Waals surface area contributed by atoms with Gasteiger partial charge < -0.3 is 10.6 Å². The summed E-state index contributed by atoms with van der Waals surface area (Å²) in [7, 11) is 0. The van der Waals surface area contributed by atoms with E-state index in [1.807, 2.05) is 0 Å². The third-order valence-electron chi connectivity index (χ3n) is 3.96. The van der Waals surface area contributed by atoms with E-state index >= 15 is 0 Å². The van der Waals surface area contributed by atoms with E-state index in [1.165, 1.54) is 5.38 Å². The fraction of sp³-hybridized carbons (Fsp3) is 0.294. The molecular weight excluding hydrogens is 353 g/mol. The van der Waals surface area contributed by atoms with Crippen LogP contribution in [0.3, 0.4) is 0 Å². The molecule has 1 aromatic heterocycles. The highest BCUT2D eigenvalue weighted by molar-refractivity contribution is 7.10. The van der Waals surface area contributed by atoms with Gasteiger partial charge in [-0.15, -0.1) is 11.3 Å². The van der Waals surface area contributed by atoms with E-state index < -0.39 is 11.1 Å². The Labute approximate surface area is 146 Å². The van der Waals surface area contributed by atoms with Crippen LogP contribution in [-0.2, 0) is 17.5 Å². The molecule has 2 N–H and O–H groups in total. The van der Waals surface area contributed by atoms with E-state index in [0.29, 0.717) is 28.9 Å². The van der Waals surface area contributed by atoms with Crippen LogP contribution in [0.4, 0.5) is 13.2 Å². The Balaban J connectivity index is 1.58. The molecule has 2 heterocycles. The summed E-state index contributed by atoms with van der Waals surface area (Å²) in [5.41, 5.74) is 1.75. The number of halogens is 3. The lowest BCUT2D eigenvalue weighted by Crippen LogP contribution is -2.23. The number of benzene rings is 1. The van der Waals surface area contributed by atoms with Gasteiger partial charge in [-0.25, -0.2) is 0 Å². The quantitative estimate of drug-likeness (QED) is 0.866. The summed E-state index contributed by atoms with van der Waals surface area (Å²) in [5, 5.41) is 6.84. The van der Waals surface area contributed by atoms with E-state index in [2.05, 4.69) is 10.6 Å². The van der Waals surface area contributed by atoms with Gasteiger partial charge in [0.05, 0.1) is 6.04 Å². The number of thiophene rings is 1. The lowest BCUT2D eigenvalue weighted by Gasteiger charge is -2.11. The van der Waals surface area contributed by atoms with Gasteiger partial charge in [0.2, 0.25) is 5.91 Å². The molecule has 1 aromatic carbocycles. The first kappa shape index (κ1) is 17.5. The Morgan fingerprint density at radius 3 is 2.56 bits per heavy atom. The highest BCUT2D eigenvalue weighted by Gasteiger charge is 2.32. The molecule has 2 aromatic rings. The third kappa shape index (κ3) is 4.19. The minimum absolute atomic E-state index is 0.0146. The lowest BCUT2D eigenvalue weighted by molar-refractivity contribution is -0.134. The molecule has 1 saturated heterocycles. The van der Waals surface area contributed by atoms with E-state index in [4.69, 9.17) is 0 Å². The molecule has 0 saturated carbocycles. The van der Waals surface area contributed by atoms with E-state index in [9.17, 15) is 22.8 Å². The van der Waals surface area contributed by atoms with E-state index in [1.54, 1.807) is 24.3 Å². The third-order valence-corrected chi connectivity index (χ3v) is 4.98. The Bertz CT molecular complexity index is 784. The zero-order chi connectivity index (χ0) is 18.0. The summed E-state index contributed by atoms with van der Waals surface area (Å²) in [6, 6.07) is 7.84. The van der Waals surface area contributed by atoms with Crippen LogP contribution < -0.4 is 10.6 Å². The molecular formula is C17H15F3N2O2S. The molecule has 25 heavy (non-hydrogen) atoms. The second kappa shape index (κ2) is 6.87. The van der Waals surface area contributed by atoms with Crippen molar-refractivity contribution >= 4 is 23.2 Å². The van der Waals surface area contributed by atoms with E-state index in [0.717, 1.165) is 18.1 Å². The minimum Gasteiger partial charge on any atom is -0.349 e. The molecule has 0 spiro atoms. The number of rotatable bonds is 4. The van der Waals surface area contributed by atoms with Gasteiger partial charge in [0.15, 0.2) is 0 Å². The van der Waals surface area contributed by atoms with Crippen LogP contribution in [0.25, 0.3) is 0 Å². The van der Waals surface area contributed by atoms with Crippen molar-refractivity contribution in [3.05, 3.63) is 57.3 Å². The maximum Gasteiger partial charge on any atom is 0.425 e. The lowest BCUT2D eigenvalue weighted by atomic mass is 10.0. The fourth-order valence-electron chi connectivity index (χ4n) is 2.63. The predicted octanol–water partition coefficient (Wildman–Crippen LogP) is 3.65. The molecule has 0 radical (unpaired) electrons. The van der Waals surface area contributed by atoms with Crippen LogP contribution in [0.2, 0.25) is 0 Å². The number of nitrogens with one attached hydrogen (secondary N) is 2. The zero-order valence-corrected chi connectivity index (χ0v) is 13.8. The zero-order valence-electron chi connectivity index (χ0n) is 13.0. The van der Waals surface area contributed by atoms with Gasteiger partial charge in [-0.1, -0.05) is 12.1 Å². The number of alkyl halides is 3. The molecule has 0 bridgehead atoms. The molecule has 132 valence electrons. The van der Waals surface area contributed by atoms with Gasteiger partial charge >= 0.3 is 6.18 Å². The van der Waals surface area contributed by atoms with Crippen LogP contribution in [0.1, 0.15) is 45.2 Å². The molecule has 1 atom stereocenters. The van der Waals surface area contributed by atoms with Gasteiger partial charge in [0.1, 0.15) is 4.88 Å². The average Bonchev–Trinajstić information content (AvgIpc) is 3.21. The summed E-state index contributed by atoms with van der Waals surface area (Å²) in [5.74, 6) is -0.345. The van der Waals surface area contributed by atoms with Gasteiger partial charge in [-0.2, -0.15) is 13.2 Å². The van der Waals surface area contributed by atoms with Crippen molar-refractivity contribution in [2.45, 2.75) is 31.6 Å². The Kier molecular flexibility index (Phi) is 4.80. The number of hydrogen-bond acceptors (Lipinski definition) is 3. The number of carbonyl (C=O) groups is 2. The maximum absolute atomic E-state index is 12.6. The molecule has 1 fully saturated rings. The van der Waals surface area contributed by atoms with Gasteiger partial charge in [0.25, 0.3) is 5.91 Å². The number of amides is 2. The standard InChI is InChI=1S/C17H15F3N2O2S/c18-17(19,20)14-7-10(9-25-14)8-21-16(24)12-3-1-11(2-4-12)13-5-6-15(23)22-13/h1-4,7,9,13H,5-6,8H2,(H,21,24)(H,22,23). The second-order valence-corrected chi connectivity index (χ2v) is 6.69. The van der Waals surface area contributed by atoms with E-state index in [-0.39, 0.29) is 24.4 Å². The highest BCUT2D eigenvalue weighted by Crippen LogP contribution is 2.34. The molecule has 0 aliphatic carbocycles. The molecule has 2 amide bonds. The van der Waals surface area contributed by atoms with Crippen LogP contribution in [0, 0.1) is 0 Å². The number of hydrogen-bond donors (Lipinski definition) is 2. The predicted molar refractivity (Wildman–Crippen MR) is 87.1 cm³/mol. The first-order valence-electron chi connectivity index (χ1n) is 7.65. The van der Waals surface area contributed by atoms with Gasteiger partial charge in [-0.05, 0) is 41.1 Å². The fourth-order valence-corrected chi connectivity index (χ4v) is 3.42. The summed E-state index contributed by atoms with van der Waals surface area (Å²) in [4.78, 5) is 22.7. The van der Waals surface area contributed by atoms with Crippen molar-refractivity contribution in [3.8, 4) is 0 Å². The van der Waals surface area contributed by atoms with Gasteiger partial charge in [-0.3, -0.25) is 9.59 Å². The molecule has 1 unspecified atom stereocenters. The normalized spacial score (nSPS) is 17.4. The summed E-state index contributed by atoms with van der Waals surface area (Å²) < 4.78 is 37.7. The monoisotopic (exact) mass is 368 g/mol. The van der Waals surface area contributed by atoms with Gasteiger partial charge in [0, 0.05) is 18.5 Å². The van der Waals surface area contributed by atoms with Crippen LogP contribution >= 0.6 is 11.3 Å². The highest BCUT2D eigenvalue weighted by atomic mass is 32.1. The van der Waals surface area contributed by atoms with Crippen molar-refractivity contribution < 1.29 is 22.8 Å². The molecule has 4 nitrogen and oxygen atoms in total. The number of carbonyl (C=O) groups excluding carboxylic acids is 2. The topological polar surface area (TPSA) is 58.2 Å². The smallest absolute Gasteiger partial charge is 0.349 e. The first-order valence-corrected chi connectivity index (χ1v) is 8.53. The van der Waals surface area contributed by atoms with Crippen molar-refractivity contribution in [1.29, 1.82) is 0 Å². The largest absolute Gasteiger partial charge is 0.425 e. The summed E-state index contributed by atoms with van der Waals surface area (Å²) in [6.07, 6.45) is -3.14. The summed E-state index contributed by atoms with van der Waals surface area (Å²) in [6.45, 7) is 0.0336. The molecule has 1 aliphatic heterocycles. The summed E-state index contributed by atoms with van der Waals surface area (Å²) >= 11 is 0.609. The Hall–Kier alpha value is -2.35.